The summed E-state index contributed by atoms with van der Waals surface area (Å²) in [5, 5.41) is 9.19. The maximum absolute atomic E-state index is 13.0. The van der Waals surface area contributed by atoms with Gasteiger partial charge in [0.05, 0.1) is 18.1 Å². The Labute approximate surface area is 186 Å². The highest BCUT2D eigenvalue weighted by atomic mass is 32.2. The van der Waals surface area contributed by atoms with Gasteiger partial charge in [0, 0.05) is 17.2 Å². The lowest BCUT2D eigenvalue weighted by Crippen LogP contribution is -2.16. The van der Waals surface area contributed by atoms with Gasteiger partial charge in [-0.2, -0.15) is 0 Å². The van der Waals surface area contributed by atoms with Crippen molar-refractivity contribution in [1.29, 1.82) is 0 Å². The third-order valence-corrected chi connectivity index (χ3v) is 6.68. The molecule has 162 valence electrons. The minimum absolute atomic E-state index is 0.0434. The molecule has 0 aliphatic heterocycles. The van der Waals surface area contributed by atoms with Crippen molar-refractivity contribution in [2.75, 3.05) is 11.0 Å². The second-order valence-corrected chi connectivity index (χ2v) is 10.8. The summed E-state index contributed by atoms with van der Waals surface area (Å²) in [6.45, 7) is 2.53. The zero-order valence-corrected chi connectivity index (χ0v) is 19.0. The van der Waals surface area contributed by atoms with Crippen LogP contribution in [0.2, 0.25) is 0 Å². The third kappa shape index (κ3) is 5.54. The largest absolute Gasteiger partial charge is 0.301 e. The van der Waals surface area contributed by atoms with Crippen LogP contribution in [-0.4, -0.2) is 40.5 Å². The quantitative estimate of drug-likeness (QED) is 0.387. The van der Waals surface area contributed by atoms with Crippen molar-refractivity contribution in [2.24, 2.45) is 0 Å². The Bertz CT molecular complexity index is 1170. The second-order valence-electron chi connectivity index (χ2n) is 7.76. The number of sulfonamides is 1. The molecule has 4 rings (SSSR count). The highest BCUT2D eigenvalue weighted by Crippen LogP contribution is 2.40. The van der Waals surface area contributed by atoms with Crippen LogP contribution in [-0.2, 0) is 16.6 Å². The van der Waals surface area contributed by atoms with Crippen LogP contribution in [0.25, 0.3) is 0 Å². The van der Waals surface area contributed by atoms with Crippen LogP contribution in [0.15, 0.2) is 59.8 Å². The van der Waals surface area contributed by atoms with Gasteiger partial charge >= 0.3 is 0 Å². The lowest BCUT2D eigenvalue weighted by Gasteiger charge is -2.13. The molecule has 1 unspecified atom stereocenters. The zero-order valence-electron chi connectivity index (χ0n) is 17.4. The van der Waals surface area contributed by atoms with E-state index in [0.717, 1.165) is 30.1 Å². The number of nitrogens with zero attached hydrogens (tertiary/aromatic N) is 3. The van der Waals surface area contributed by atoms with E-state index in [9.17, 15) is 13.2 Å². The predicted molar refractivity (Wildman–Crippen MR) is 122 cm³/mol. The molecule has 0 saturated heterocycles. The molecule has 0 spiro atoms. The number of carbonyl (C=O) groups is 1. The Morgan fingerprint density at radius 3 is 2.42 bits per heavy atom. The Morgan fingerprint density at radius 1 is 1.13 bits per heavy atom. The summed E-state index contributed by atoms with van der Waals surface area (Å²) in [6, 6.07) is 16.6. The lowest BCUT2D eigenvalue weighted by atomic mass is 10.1. The predicted octanol–water partition coefficient (Wildman–Crippen LogP) is 3.94. The number of ketones is 1. The van der Waals surface area contributed by atoms with Gasteiger partial charge in [0.15, 0.2) is 10.9 Å². The van der Waals surface area contributed by atoms with Crippen LogP contribution in [0.4, 0.5) is 5.69 Å². The van der Waals surface area contributed by atoms with Crippen LogP contribution in [0.1, 0.15) is 47.4 Å². The average molecular weight is 457 g/mol. The van der Waals surface area contributed by atoms with Crippen molar-refractivity contribution < 1.29 is 13.2 Å². The minimum atomic E-state index is -3.35. The molecular formula is C22H24N4O3S2. The third-order valence-electron chi connectivity index (χ3n) is 5.00. The van der Waals surface area contributed by atoms with Gasteiger partial charge in [0.2, 0.25) is 10.0 Å². The van der Waals surface area contributed by atoms with E-state index in [0.29, 0.717) is 23.7 Å². The van der Waals surface area contributed by atoms with Gasteiger partial charge in [0.25, 0.3) is 0 Å². The molecule has 9 heteroatoms. The highest BCUT2D eigenvalue weighted by Gasteiger charge is 2.31. The number of aromatic nitrogens is 3. The molecule has 0 radical (unpaired) electrons. The van der Waals surface area contributed by atoms with Crippen LogP contribution in [0, 0.1) is 0 Å². The van der Waals surface area contributed by atoms with E-state index >= 15 is 0 Å². The first-order chi connectivity index (χ1) is 14.8. The maximum atomic E-state index is 13.0. The monoisotopic (exact) mass is 456 g/mol. The minimum Gasteiger partial charge on any atom is -0.301 e. The molecule has 0 bridgehead atoms. The van der Waals surface area contributed by atoms with E-state index < -0.39 is 10.0 Å². The van der Waals surface area contributed by atoms with Crippen molar-refractivity contribution in [3.8, 4) is 0 Å². The normalized spacial score (nSPS) is 14.9. The molecular weight excluding hydrogens is 432 g/mol. The molecule has 0 amide bonds. The van der Waals surface area contributed by atoms with Gasteiger partial charge in [-0.05, 0) is 49.6 Å². The number of benzene rings is 2. The molecule has 1 fully saturated rings. The molecule has 1 aliphatic carbocycles. The van der Waals surface area contributed by atoms with E-state index in [1.54, 1.807) is 24.3 Å². The second kappa shape index (κ2) is 8.84. The van der Waals surface area contributed by atoms with E-state index in [1.807, 2.05) is 25.1 Å². The summed E-state index contributed by atoms with van der Waals surface area (Å²) in [5.41, 5.74) is 2.12. The number of anilines is 1. The fourth-order valence-corrected chi connectivity index (χ4v) is 4.81. The van der Waals surface area contributed by atoms with E-state index in [1.165, 1.54) is 17.3 Å². The van der Waals surface area contributed by atoms with E-state index in [4.69, 9.17) is 0 Å². The van der Waals surface area contributed by atoms with Gasteiger partial charge < -0.3 is 4.57 Å². The molecule has 1 aliphatic rings. The fourth-order valence-electron chi connectivity index (χ4n) is 3.31. The van der Waals surface area contributed by atoms with Crippen molar-refractivity contribution in [3.05, 3.63) is 71.5 Å². The topological polar surface area (TPSA) is 93.9 Å². The summed E-state index contributed by atoms with van der Waals surface area (Å²) in [5.74, 6) is 1.40. The van der Waals surface area contributed by atoms with Crippen molar-refractivity contribution in [2.45, 2.75) is 42.6 Å². The van der Waals surface area contributed by atoms with Gasteiger partial charge in [0.1, 0.15) is 5.82 Å². The number of hydrogen-bond acceptors (Lipinski definition) is 6. The molecule has 1 saturated carbocycles. The Morgan fingerprint density at radius 2 is 1.81 bits per heavy atom. The highest BCUT2D eigenvalue weighted by molar-refractivity contribution is 8.00. The molecule has 2 aromatic carbocycles. The van der Waals surface area contributed by atoms with Gasteiger partial charge in [-0.25, -0.2) is 8.42 Å². The summed E-state index contributed by atoms with van der Waals surface area (Å²) in [7, 11) is -3.35. The number of rotatable bonds is 9. The van der Waals surface area contributed by atoms with E-state index in [2.05, 4.69) is 31.6 Å². The smallest absolute Gasteiger partial charge is 0.229 e. The Balaban J connectivity index is 1.50. The van der Waals surface area contributed by atoms with Crippen molar-refractivity contribution in [3.63, 3.8) is 0 Å². The first-order valence-electron chi connectivity index (χ1n) is 10.1. The van der Waals surface area contributed by atoms with Crippen molar-refractivity contribution in [1.82, 2.24) is 14.8 Å². The number of nitrogens with one attached hydrogen (secondary N) is 1. The fraction of sp³-hybridized carbons (Fsp3) is 0.318. The lowest BCUT2D eigenvalue weighted by molar-refractivity contribution is 0.0994. The van der Waals surface area contributed by atoms with Crippen LogP contribution >= 0.6 is 11.8 Å². The first kappa shape index (κ1) is 21.6. The van der Waals surface area contributed by atoms with E-state index in [-0.39, 0.29) is 11.0 Å². The summed E-state index contributed by atoms with van der Waals surface area (Å²) in [6.07, 6.45) is 3.34. The first-order valence-corrected chi connectivity index (χ1v) is 12.8. The Hall–Kier alpha value is -2.65. The average Bonchev–Trinajstić information content (AvgIpc) is 3.51. The Kier molecular flexibility index (Phi) is 6.15. The SMILES string of the molecule is CC(Sc1nnc(C2CC2)n1Cc1ccccc1)C(=O)c1ccc(NS(C)(=O)=O)cc1. The number of carbonyl (C=O) groups excluding carboxylic acids is 1. The molecule has 1 heterocycles. The number of Topliss-reactive ketones (excluding diaryl/α,β-unsaturated/α-hetero) is 1. The maximum Gasteiger partial charge on any atom is 0.229 e. The summed E-state index contributed by atoms with van der Waals surface area (Å²) in [4.78, 5) is 13.0. The molecule has 31 heavy (non-hydrogen) atoms. The molecule has 1 aromatic heterocycles. The van der Waals surface area contributed by atoms with Crippen LogP contribution in [0.3, 0.4) is 0 Å². The molecule has 1 atom stereocenters. The van der Waals surface area contributed by atoms with Crippen LogP contribution in [0.5, 0.6) is 0 Å². The molecule has 3 aromatic rings. The number of thioether (sulfide) groups is 1. The standard InChI is InChI=1S/C22H24N4O3S2/c1-15(20(27)17-10-12-19(13-11-17)25-31(2,28)29)30-22-24-23-21(18-8-9-18)26(22)14-16-6-4-3-5-7-16/h3-7,10-13,15,18,25H,8-9,14H2,1-2H3. The zero-order chi connectivity index (χ0) is 22.0. The van der Waals surface area contributed by atoms with Crippen molar-refractivity contribution >= 4 is 33.3 Å². The summed E-state index contributed by atoms with van der Waals surface area (Å²) < 4.78 is 27.2. The summed E-state index contributed by atoms with van der Waals surface area (Å²) >= 11 is 1.40. The molecule has 1 N–H and O–H groups in total. The number of hydrogen-bond donors (Lipinski definition) is 1. The van der Waals surface area contributed by atoms with Gasteiger partial charge in [-0.15, -0.1) is 10.2 Å². The molecule has 7 nitrogen and oxygen atoms in total. The van der Waals surface area contributed by atoms with Crippen LogP contribution < -0.4 is 4.72 Å². The van der Waals surface area contributed by atoms with Gasteiger partial charge in [-0.3, -0.25) is 9.52 Å². The van der Waals surface area contributed by atoms with Gasteiger partial charge in [-0.1, -0.05) is 42.1 Å².